The summed E-state index contributed by atoms with van der Waals surface area (Å²) in [5.41, 5.74) is -0.763. The van der Waals surface area contributed by atoms with E-state index in [2.05, 4.69) is 5.32 Å². The first kappa shape index (κ1) is 22.9. The lowest BCUT2D eigenvalue weighted by Gasteiger charge is -2.25. The minimum Gasteiger partial charge on any atom is -0.463 e. The number of esters is 1. The maximum atomic E-state index is 13.8. The third kappa shape index (κ3) is 5.37. The van der Waals surface area contributed by atoms with Crippen molar-refractivity contribution in [3.8, 4) is 0 Å². The third-order valence-corrected chi connectivity index (χ3v) is 4.34. The van der Waals surface area contributed by atoms with Crippen LogP contribution in [0.1, 0.15) is 54.0 Å². The van der Waals surface area contributed by atoms with Crippen molar-refractivity contribution in [2.75, 3.05) is 6.61 Å². The Kier molecular flexibility index (Phi) is 7.21. The number of amides is 1. The number of hydrogen-bond donors (Lipinski definition) is 1. The molecule has 30 heavy (non-hydrogen) atoms. The molecule has 0 heterocycles. The zero-order valence-corrected chi connectivity index (χ0v) is 17.2. The minimum absolute atomic E-state index is 0.273. The van der Waals surface area contributed by atoms with Crippen molar-refractivity contribution in [2.24, 2.45) is 0 Å². The van der Waals surface area contributed by atoms with E-state index in [-0.39, 0.29) is 6.61 Å². The molecular formula is C23H23F2NO4. The zero-order valence-electron chi connectivity index (χ0n) is 17.2. The van der Waals surface area contributed by atoms with Crippen LogP contribution in [-0.4, -0.2) is 29.8 Å². The molecule has 0 unspecified atom stereocenters. The van der Waals surface area contributed by atoms with Crippen molar-refractivity contribution in [3.05, 3.63) is 76.4 Å². The highest BCUT2D eigenvalue weighted by Crippen LogP contribution is 2.18. The fourth-order valence-corrected chi connectivity index (χ4v) is 2.76. The molecule has 0 saturated carbocycles. The summed E-state index contributed by atoms with van der Waals surface area (Å²) in [6.45, 7) is 6.51. The first-order chi connectivity index (χ1) is 14.1. The van der Waals surface area contributed by atoms with Gasteiger partial charge in [-0.2, -0.15) is 0 Å². The van der Waals surface area contributed by atoms with Crippen molar-refractivity contribution in [3.63, 3.8) is 0 Å². The highest BCUT2D eigenvalue weighted by atomic mass is 19.1. The average Bonchev–Trinajstić information content (AvgIpc) is 2.67. The zero-order chi connectivity index (χ0) is 22.5. The average molecular weight is 415 g/mol. The normalized spacial score (nSPS) is 11.7. The standard InChI is InChI=1S/C23H23F2NO4/c1-5-30-22(29)14(2)13-15-9-11-16(12-10-15)20(27)23(3,4)26-21(28)19-17(24)7-6-8-18(19)25/h6-13H,5H2,1-4H3,(H,26,28). The smallest absolute Gasteiger partial charge is 0.333 e. The van der Waals surface area contributed by atoms with Crippen LogP contribution in [0.4, 0.5) is 8.78 Å². The Morgan fingerprint density at radius 3 is 2.13 bits per heavy atom. The van der Waals surface area contributed by atoms with E-state index < -0.39 is 40.4 Å². The summed E-state index contributed by atoms with van der Waals surface area (Å²) in [6.07, 6.45) is 1.63. The number of ether oxygens (including phenoxy) is 1. The second-order valence-corrected chi connectivity index (χ2v) is 7.17. The lowest BCUT2D eigenvalue weighted by atomic mass is 9.92. The predicted molar refractivity (Wildman–Crippen MR) is 109 cm³/mol. The molecule has 0 spiro atoms. The Morgan fingerprint density at radius 2 is 1.60 bits per heavy atom. The van der Waals surface area contributed by atoms with E-state index in [0.717, 1.165) is 18.2 Å². The number of nitrogens with one attached hydrogen (secondary N) is 1. The maximum absolute atomic E-state index is 13.8. The molecule has 0 aliphatic rings. The first-order valence-electron chi connectivity index (χ1n) is 9.33. The van der Waals surface area contributed by atoms with E-state index in [4.69, 9.17) is 4.74 Å². The molecule has 0 aromatic heterocycles. The van der Waals surface area contributed by atoms with E-state index in [1.54, 1.807) is 44.2 Å². The van der Waals surface area contributed by atoms with Crippen LogP contribution in [0.15, 0.2) is 48.0 Å². The summed E-state index contributed by atoms with van der Waals surface area (Å²) in [5, 5.41) is 2.39. The largest absolute Gasteiger partial charge is 0.463 e. The van der Waals surface area contributed by atoms with Crippen LogP contribution in [0.3, 0.4) is 0 Å². The summed E-state index contributed by atoms with van der Waals surface area (Å²) in [7, 11) is 0. The van der Waals surface area contributed by atoms with Crippen LogP contribution in [0.25, 0.3) is 6.08 Å². The Hall–Kier alpha value is -3.35. The molecule has 0 aliphatic heterocycles. The number of hydrogen-bond acceptors (Lipinski definition) is 4. The molecule has 0 radical (unpaired) electrons. The molecule has 1 amide bonds. The molecule has 0 bridgehead atoms. The molecule has 0 atom stereocenters. The van der Waals surface area contributed by atoms with Gasteiger partial charge in [0, 0.05) is 11.1 Å². The maximum Gasteiger partial charge on any atom is 0.333 e. The van der Waals surface area contributed by atoms with Gasteiger partial charge in [0.05, 0.1) is 12.1 Å². The van der Waals surface area contributed by atoms with Crippen molar-refractivity contribution >= 4 is 23.7 Å². The molecule has 0 fully saturated rings. The van der Waals surface area contributed by atoms with Crippen LogP contribution in [-0.2, 0) is 9.53 Å². The highest BCUT2D eigenvalue weighted by molar-refractivity contribution is 6.06. The van der Waals surface area contributed by atoms with Crippen LogP contribution >= 0.6 is 0 Å². The summed E-state index contributed by atoms with van der Waals surface area (Å²) in [4.78, 5) is 36.9. The monoisotopic (exact) mass is 415 g/mol. The Labute approximate surface area is 173 Å². The van der Waals surface area contributed by atoms with Crippen molar-refractivity contribution in [1.29, 1.82) is 0 Å². The number of ketones is 1. The van der Waals surface area contributed by atoms with Gasteiger partial charge in [-0.05, 0) is 51.5 Å². The number of carbonyl (C=O) groups excluding carboxylic acids is 3. The minimum atomic E-state index is -1.41. The fourth-order valence-electron chi connectivity index (χ4n) is 2.76. The van der Waals surface area contributed by atoms with Crippen LogP contribution < -0.4 is 5.32 Å². The Balaban J connectivity index is 2.17. The number of benzene rings is 2. The lowest BCUT2D eigenvalue weighted by molar-refractivity contribution is -0.138. The summed E-state index contributed by atoms with van der Waals surface area (Å²) >= 11 is 0. The topological polar surface area (TPSA) is 72.5 Å². The van der Waals surface area contributed by atoms with E-state index in [9.17, 15) is 23.2 Å². The summed E-state index contributed by atoms with van der Waals surface area (Å²) in [5.74, 6) is -3.91. The highest BCUT2D eigenvalue weighted by Gasteiger charge is 2.32. The molecule has 158 valence electrons. The molecule has 2 aromatic rings. The second kappa shape index (κ2) is 9.43. The molecule has 0 saturated heterocycles. The van der Waals surface area contributed by atoms with E-state index in [0.29, 0.717) is 16.7 Å². The third-order valence-electron chi connectivity index (χ3n) is 4.34. The SMILES string of the molecule is CCOC(=O)C(C)=Cc1ccc(C(=O)C(C)(C)NC(=O)c2c(F)cccc2F)cc1. The summed E-state index contributed by atoms with van der Waals surface area (Å²) < 4.78 is 32.6. The van der Waals surface area contributed by atoms with Crippen molar-refractivity contribution in [1.82, 2.24) is 5.32 Å². The van der Waals surface area contributed by atoms with Crippen LogP contribution in [0, 0.1) is 11.6 Å². The number of carbonyl (C=O) groups is 3. The predicted octanol–water partition coefficient (Wildman–Crippen LogP) is 4.32. The van der Waals surface area contributed by atoms with Crippen LogP contribution in [0.5, 0.6) is 0 Å². The first-order valence-corrected chi connectivity index (χ1v) is 9.33. The van der Waals surface area contributed by atoms with Gasteiger partial charge in [-0.1, -0.05) is 30.3 Å². The molecule has 1 N–H and O–H groups in total. The van der Waals surface area contributed by atoms with Gasteiger partial charge in [0.15, 0.2) is 5.78 Å². The van der Waals surface area contributed by atoms with Gasteiger partial charge in [0.25, 0.3) is 5.91 Å². The fraction of sp³-hybridized carbons (Fsp3) is 0.261. The van der Waals surface area contributed by atoms with E-state index >= 15 is 0 Å². The van der Waals surface area contributed by atoms with Gasteiger partial charge in [-0.25, -0.2) is 13.6 Å². The van der Waals surface area contributed by atoms with Gasteiger partial charge in [-0.3, -0.25) is 9.59 Å². The molecule has 2 rings (SSSR count). The number of halogens is 2. The quantitative estimate of drug-likeness (QED) is 0.415. The van der Waals surface area contributed by atoms with Crippen molar-refractivity contribution in [2.45, 2.75) is 33.2 Å². The lowest BCUT2D eigenvalue weighted by Crippen LogP contribution is -2.50. The molecule has 2 aromatic carbocycles. The van der Waals surface area contributed by atoms with Gasteiger partial charge in [0.2, 0.25) is 0 Å². The van der Waals surface area contributed by atoms with Gasteiger partial charge in [0.1, 0.15) is 17.2 Å². The van der Waals surface area contributed by atoms with Gasteiger partial charge < -0.3 is 10.1 Å². The molecule has 0 aliphatic carbocycles. The van der Waals surface area contributed by atoms with Gasteiger partial charge >= 0.3 is 5.97 Å². The Morgan fingerprint density at radius 1 is 1.03 bits per heavy atom. The second-order valence-electron chi connectivity index (χ2n) is 7.17. The van der Waals surface area contributed by atoms with Crippen LogP contribution in [0.2, 0.25) is 0 Å². The van der Waals surface area contributed by atoms with E-state index in [1.165, 1.54) is 13.8 Å². The van der Waals surface area contributed by atoms with Crippen molar-refractivity contribution < 1.29 is 27.9 Å². The number of Topliss-reactive ketones (excluding diaryl/α,β-unsaturated/α-hetero) is 1. The number of rotatable bonds is 7. The molecule has 5 nitrogen and oxygen atoms in total. The summed E-state index contributed by atoms with van der Waals surface area (Å²) in [6, 6.07) is 9.47. The van der Waals surface area contributed by atoms with Gasteiger partial charge in [-0.15, -0.1) is 0 Å². The molecule has 7 heteroatoms. The van der Waals surface area contributed by atoms with E-state index in [1.807, 2.05) is 0 Å². The molecular weight excluding hydrogens is 392 g/mol. The Bertz CT molecular complexity index is 975.